The van der Waals surface area contributed by atoms with Crippen LogP contribution in [0.25, 0.3) is 89.2 Å². The number of hydrogen-bond acceptors (Lipinski definition) is 2. The van der Waals surface area contributed by atoms with E-state index in [0.29, 0.717) is 5.92 Å². The Morgan fingerprint density at radius 1 is 0.564 bits per heavy atom. The van der Waals surface area contributed by atoms with Crippen molar-refractivity contribution < 1.29 is 0 Å². The highest BCUT2D eigenvalue weighted by atomic mass is 15.0. The largest absolute Gasteiger partial charge is 0.309 e. The summed E-state index contributed by atoms with van der Waals surface area (Å²) in [5, 5.41) is 6.24. The van der Waals surface area contributed by atoms with Crippen LogP contribution in [-0.2, 0) is 11.8 Å². The van der Waals surface area contributed by atoms with E-state index in [9.17, 15) is 0 Å². The van der Waals surface area contributed by atoms with E-state index < -0.39 is 0 Å². The van der Waals surface area contributed by atoms with Gasteiger partial charge >= 0.3 is 0 Å². The minimum Gasteiger partial charge on any atom is -0.309 e. The van der Waals surface area contributed by atoms with Gasteiger partial charge in [-0.1, -0.05) is 142 Å². The van der Waals surface area contributed by atoms with E-state index in [2.05, 4.69) is 189 Å². The van der Waals surface area contributed by atoms with Gasteiger partial charge in [-0.05, 0) is 98.8 Å². The van der Waals surface area contributed by atoms with Gasteiger partial charge in [-0.3, -0.25) is 0 Å². The van der Waals surface area contributed by atoms with Gasteiger partial charge in [-0.25, -0.2) is 9.97 Å². The molecule has 9 aromatic rings. The van der Waals surface area contributed by atoms with Gasteiger partial charge in [0.15, 0.2) is 5.82 Å². The van der Waals surface area contributed by atoms with Crippen LogP contribution < -0.4 is 0 Å². The maximum absolute atomic E-state index is 5.31. The van der Waals surface area contributed by atoms with Crippen molar-refractivity contribution >= 4 is 38.5 Å². The zero-order chi connectivity index (χ0) is 36.8. The average Bonchev–Trinajstić information content (AvgIpc) is 3.66. The van der Waals surface area contributed by atoms with Crippen molar-refractivity contribution in [1.82, 2.24) is 14.5 Å². The summed E-state index contributed by atoms with van der Waals surface area (Å²) in [4.78, 5) is 10.5. The van der Waals surface area contributed by atoms with Crippen LogP contribution in [0.5, 0.6) is 0 Å². The molecule has 0 spiro atoms. The number of hydrogen-bond donors (Lipinski definition) is 0. The number of fused-ring (bicyclic) bond motifs is 8. The molecule has 0 saturated carbocycles. The van der Waals surface area contributed by atoms with Gasteiger partial charge < -0.3 is 4.57 Å². The molecule has 2 aliphatic rings. The van der Waals surface area contributed by atoms with Crippen molar-refractivity contribution in [3.05, 3.63) is 180 Å². The van der Waals surface area contributed by atoms with E-state index >= 15 is 0 Å². The Kier molecular flexibility index (Phi) is 6.94. The lowest BCUT2D eigenvalue weighted by molar-refractivity contribution is 0.660. The van der Waals surface area contributed by atoms with E-state index in [0.717, 1.165) is 45.7 Å². The fourth-order valence-corrected chi connectivity index (χ4v) is 9.30. The molecular weight excluding hydrogens is 667 g/mol. The SMILES string of the molecule is CC1C=Cc2c(c3cc4ccccc4cc3n2-c2cccc3cc(-c4nc(-c5ccccc5)cc(-c5ccc6c(c5)C(C)(C)c5ccccc5-6)n4)ccc23)C1. The molecule has 0 aliphatic heterocycles. The van der Waals surface area contributed by atoms with Gasteiger partial charge in [-0.2, -0.15) is 0 Å². The molecule has 2 aliphatic carbocycles. The lowest BCUT2D eigenvalue weighted by Crippen LogP contribution is -2.14. The summed E-state index contributed by atoms with van der Waals surface area (Å²) in [6, 6.07) is 55.2. The molecule has 0 fully saturated rings. The van der Waals surface area contributed by atoms with E-state index in [1.54, 1.807) is 0 Å². The summed E-state index contributed by atoms with van der Waals surface area (Å²) in [7, 11) is 0. The highest BCUT2D eigenvalue weighted by Crippen LogP contribution is 2.49. The lowest BCUT2D eigenvalue weighted by atomic mass is 9.82. The normalized spacial score (nSPS) is 15.4. The third-order valence-corrected chi connectivity index (χ3v) is 12.1. The standard InChI is InChI=1S/C52H39N3/c1-32-20-25-49-42(26-32)43-28-34-14-7-8-15-35(34)30-50(43)55(49)48-19-11-16-36-27-38(22-23-39(36)48)51-53-46(33-12-5-4-6-13-33)31-47(54-51)37-21-24-41-40-17-9-10-18-44(40)52(2,3)45(41)29-37/h4-25,27-32H,26H2,1-3H3. The number of rotatable bonds is 4. The third-order valence-electron chi connectivity index (χ3n) is 12.1. The van der Waals surface area contributed by atoms with Crippen LogP contribution in [0.2, 0.25) is 0 Å². The molecule has 3 nitrogen and oxygen atoms in total. The smallest absolute Gasteiger partial charge is 0.160 e. The Labute approximate surface area is 321 Å². The maximum Gasteiger partial charge on any atom is 0.160 e. The van der Waals surface area contributed by atoms with Gasteiger partial charge in [0.25, 0.3) is 0 Å². The second-order valence-corrected chi connectivity index (χ2v) is 15.9. The molecule has 1 atom stereocenters. The molecule has 7 aromatic carbocycles. The number of allylic oxidation sites excluding steroid dienone is 1. The summed E-state index contributed by atoms with van der Waals surface area (Å²) in [5.41, 5.74) is 15.4. The second kappa shape index (κ2) is 12.0. The Morgan fingerprint density at radius 2 is 1.27 bits per heavy atom. The van der Waals surface area contributed by atoms with Crippen LogP contribution in [0.15, 0.2) is 158 Å². The average molecular weight is 706 g/mol. The van der Waals surface area contributed by atoms with Crippen LogP contribution in [0.1, 0.15) is 43.2 Å². The highest BCUT2D eigenvalue weighted by molar-refractivity contribution is 6.03. The first-order valence-corrected chi connectivity index (χ1v) is 19.4. The summed E-state index contributed by atoms with van der Waals surface area (Å²) in [6.07, 6.45) is 5.73. The topological polar surface area (TPSA) is 30.7 Å². The van der Waals surface area contributed by atoms with Crippen molar-refractivity contribution in [3.8, 4) is 50.7 Å². The fourth-order valence-electron chi connectivity index (χ4n) is 9.30. The van der Waals surface area contributed by atoms with Gasteiger partial charge in [0, 0.05) is 38.6 Å². The molecule has 0 saturated heterocycles. The predicted molar refractivity (Wildman–Crippen MR) is 230 cm³/mol. The Balaban J connectivity index is 1.07. The van der Waals surface area contributed by atoms with Gasteiger partial charge in [0.1, 0.15) is 0 Å². The molecular formula is C52H39N3. The summed E-state index contributed by atoms with van der Waals surface area (Å²) in [5.74, 6) is 1.23. The first-order valence-electron chi connectivity index (χ1n) is 19.4. The van der Waals surface area contributed by atoms with E-state index in [4.69, 9.17) is 9.97 Å². The maximum atomic E-state index is 5.31. The third kappa shape index (κ3) is 4.96. The molecule has 3 heteroatoms. The predicted octanol–water partition coefficient (Wildman–Crippen LogP) is 13.2. The van der Waals surface area contributed by atoms with Crippen LogP contribution in [0.4, 0.5) is 0 Å². The molecule has 262 valence electrons. The van der Waals surface area contributed by atoms with Gasteiger partial charge in [0.05, 0.1) is 22.6 Å². The monoisotopic (exact) mass is 705 g/mol. The molecule has 0 amide bonds. The first kappa shape index (κ1) is 31.9. The summed E-state index contributed by atoms with van der Waals surface area (Å²) >= 11 is 0. The van der Waals surface area contributed by atoms with Crippen molar-refractivity contribution in [1.29, 1.82) is 0 Å². The highest BCUT2D eigenvalue weighted by Gasteiger charge is 2.35. The van der Waals surface area contributed by atoms with Crippen molar-refractivity contribution in [2.75, 3.05) is 0 Å². The van der Waals surface area contributed by atoms with E-state index in [-0.39, 0.29) is 5.41 Å². The van der Waals surface area contributed by atoms with E-state index in [1.807, 2.05) is 0 Å². The van der Waals surface area contributed by atoms with Crippen molar-refractivity contribution in [2.24, 2.45) is 5.92 Å². The Bertz CT molecular complexity index is 3050. The van der Waals surface area contributed by atoms with Crippen molar-refractivity contribution in [3.63, 3.8) is 0 Å². The van der Waals surface area contributed by atoms with Crippen LogP contribution in [0.3, 0.4) is 0 Å². The molecule has 1 unspecified atom stereocenters. The van der Waals surface area contributed by atoms with E-state index in [1.165, 1.54) is 66.3 Å². The molecule has 2 aromatic heterocycles. The lowest BCUT2D eigenvalue weighted by Gasteiger charge is -2.22. The van der Waals surface area contributed by atoms with Crippen LogP contribution in [0, 0.1) is 5.92 Å². The number of nitrogens with zero attached hydrogens (tertiary/aromatic N) is 3. The zero-order valence-corrected chi connectivity index (χ0v) is 31.2. The molecule has 11 rings (SSSR count). The van der Waals surface area contributed by atoms with Crippen LogP contribution >= 0.6 is 0 Å². The second-order valence-electron chi connectivity index (χ2n) is 15.9. The molecule has 0 bridgehead atoms. The van der Waals surface area contributed by atoms with Crippen LogP contribution in [-0.4, -0.2) is 14.5 Å². The zero-order valence-electron chi connectivity index (χ0n) is 31.2. The Morgan fingerprint density at radius 3 is 2.13 bits per heavy atom. The van der Waals surface area contributed by atoms with Crippen molar-refractivity contribution in [2.45, 2.75) is 32.6 Å². The summed E-state index contributed by atoms with van der Waals surface area (Å²) < 4.78 is 2.49. The Hall–Kier alpha value is -6.58. The molecule has 0 radical (unpaired) electrons. The number of aromatic nitrogens is 3. The minimum absolute atomic E-state index is 0.0957. The summed E-state index contributed by atoms with van der Waals surface area (Å²) in [6.45, 7) is 6.97. The first-order chi connectivity index (χ1) is 26.9. The van der Waals surface area contributed by atoms with Gasteiger partial charge in [-0.15, -0.1) is 0 Å². The minimum atomic E-state index is -0.0957. The molecule has 0 N–H and O–H groups in total. The molecule has 55 heavy (non-hydrogen) atoms. The number of benzene rings is 7. The fraction of sp³-hybridized carbons (Fsp3) is 0.115. The van der Waals surface area contributed by atoms with Gasteiger partial charge in [0.2, 0.25) is 0 Å². The molecule has 2 heterocycles. The quantitative estimate of drug-likeness (QED) is 0.182.